The van der Waals surface area contributed by atoms with Gasteiger partial charge in [-0.15, -0.1) is 5.10 Å². The Kier molecular flexibility index (Phi) is 7.22. The third-order valence-electron chi connectivity index (χ3n) is 5.38. The first-order chi connectivity index (χ1) is 16.8. The highest BCUT2D eigenvalue weighted by molar-refractivity contribution is 8.19. The van der Waals surface area contributed by atoms with Crippen molar-refractivity contribution in [1.29, 1.82) is 0 Å². The minimum absolute atomic E-state index is 0.127. The van der Waals surface area contributed by atoms with Crippen LogP contribution in [0, 0.1) is 0 Å². The number of carbonyl (C=O) groups excluding carboxylic acids is 1. The normalized spacial score (nSPS) is 16.0. The molecule has 4 rings (SSSR count). The van der Waals surface area contributed by atoms with Crippen LogP contribution >= 0.6 is 11.8 Å². The molecule has 1 aliphatic heterocycles. The van der Waals surface area contributed by atoms with E-state index < -0.39 is 0 Å². The number of hydrogen-bond acceptors (Lipinski definition) is 7. The zero-order valence-corrected chi connectivity index (χ0v) is 20.9. The van der Waals surface area contributed by atoms with Crippen LogP contribution in [0.4, 0.5) is 17.1 Å². The summed E-state index contributed by atoms with van der Waals surface area (Å²) in [5.41, 5.74) is 4.61. The first kappa shape index (κ1) is 24.1. The molecule has 1 saturated heterocycles. The van der Waals surface area contributed by atoms with Crippen LogP contribution < -0.4 is 14.7 Å². The highest BCUT2D eigenvalue weighted by atomic mass is 32.2. The lowest BCUT2D eigenvalue weighted by atomic mass is 10.2. The highest BCUT2D eigenvalue weighted by Gasteiger charge is 2.35. The summed E-state index contributed by atoms with van der Waals surface area (Å²) in [7, 11) is 7.95. The Morgan fingerprint density at radius 1 is 0.800 bits per heavy atom. The topological polar surface area (TPSA) is 71.7 Å². The lowest BCUT2D eigenvalue weighted by Crippen LogP contribution is -2.28. The van der Waals surface area contributed by atoms with Crippen molar-refractivity contribution in [3.8, 4) is 5.75 Å². The maximum absolute atomic E-state index is 13.3. The third-order valence-corrected chi connectivity index (χ3v) is 6.34. The lowest BCUT2D eigenvalue weighted by molar-refractivity contribution is -0.113. The smallest absolute Gasteiger partial charge is 0.271 e. The van der Waals surface area contributed by atoms with Crippen molar-refractivity contribution in [2.24, 2.45) is 10.2 Å². The SMILES string of the molecule is CN(C)c1ccc(/C=C2\S/C(=N\N=C\c3ccc(N(C)C)cc3)N(c3ccc(O)cc3)C2=O)cc1. The summed E-state index contributed by atoms with van der Waals surface area (Å²) in [4.78, 5) is 19.4. The van der Waals surface area contributed by atoms with E-state index >= 15 is 0 Å². The second-order valence-corrected chi connectivity index (χ2v) is 9.38. The fourth-order valence-corrected chi connectivity index (χ4v) is 4.33. The van der Waals surface area contributed by atoms with E-state index in [9.17, 15) is 9.90 Å². The number of aromatic hydroxyl groups is 1. The maximum atomic E-state index is 13.3. The molecule has 1 aliphatic rings. The predicted molar refractivity (Wildman–Crippen MR) is 148 cm³/mol. The Hall–Kier alpha value is -4.04. The average Bonchev–Trinajstić information content (AvgIpc) is 3.15. The molecule has 0 unspecified atom stereocenters. The van der Waals surface area contributed by atoms with Gasteiger partial charge in [0.2, 0.25) is 5.17 Å². The van der Waals surface area contributed by atoms with Gasteiger partial charge in [-0.05, 0) is 77.5 Å². The Balaban J connectivity index is 1.63. The van der Waals surface area contributed by atoms with E-state index in [1.165, 1.54) is 16.7 Å². The second-order valence-electron chi connectivity index (χ2n) is 8.37. The number of anilines is 3. The van der Waals surface area contributed by atoms with Gasteiger partial charge in [-0.2, -0.15) is 5.10 Å². The molecule has 7 nitrogen and oxygen atoms in total. The number of benzene rings is 3. The van der Waals surface area contributed by atoms with E-state index in [-0.39, 0.29) is 11.7 Å². The van der Waals surface area contributed by atoms with E-state index in [2.05, 4.69) is 10.2 Å². The number of phenolic OH excluding ortho intramolecular Hbond substituents is 1. The summed E-state index contributed by atoms with van der Waals surface area (Å²) in [6, 6.07) is 22.4. The molecule has 0 spiro atoms. The van der Waals surface area contributed by atoms with Crippen molar-refractivity contribution < 1.29 is 9.90 Å². The minimum atomic E-state index is -0.193. The largest absolute Gasteiger partial charge is 0.508 e. The molecule has 1 heterocycles. The van der Waals surface area contributed by atoms with E-state index in [4.69, 9.17) is 0 Å². The summed E-state index contributed by atoms with van der Waals surface area (Å²) in [6.45, 7) is 0. The Morgan fingerprint density at radius 3 is 1.89 bits per heavy atom. The van der Waals surface area contributed by atoms with Gasteiger partial charge in [0, 0.05) is 39.6 Å². The number of phenols is 1. The van der Waals surface area contributed by atoms with Crippen LogP contribution in [0.3, 0.4) is 0 Å². The molecule has 8 heteroatoms. The number of nitrogens with zero attached hydrogens (tertiary/aromatic N) is 5. The second kappa shape index (κ2) is 10.5. The Bertz CT molecular complexity index is 1280. The van der Waals surface area contributed by atoms with Crippen LogP contribution in [0.15, 0.2) is 87.9 Å². The molecule has 0 bridgehead atoms. The van der Waals surface area contributed by atoms with Crippen LogP contribution in [0.25, 0.3) is 6.08 Å². The van der Waals surface area contributed by atoms with Gasteiger partial charge >= 0.3 is 0 Å². The monoisotopic (exact) mass is 485 g/mol. The molecule has 3 aromatic carbocycles. The van der Waals surface area contributed by atoms with Gasteiger partial charge in [-0.1, -0.05) is 24.3 Å². The van der Waals surface area contributed by atoms with Crippen LogP contribution in [-0.4, -0.2) is 50.6 Å². The molecular formula is C27H27N5O2S. The molecule has 35 heavy (non-hydrogen) atoms. The number of rotatable bonds is 6. The van der Waals surface area contributed by atoms with Gasteiger partial charge in [0.05, 0.1) is 16.8 Å². The number of hydrogen-bond donors (Lipinski definition) is 1. The van der Waals surface area contributed by atoms with Crippen molar-refractivity contribution in [3.63, 3.8) is 0 Å². The van der Waals surface area contributed by atoms with Crippen molar-refractivity contribution in [2.75, 3.05) is 42.9 Å². The maximum Gasteiger partial charge on any atom is 0.271 e. The lowest BCUT2D eigenvalue weighted by Gasteiger charge is -2.14. The zero-order valence-electron chi connectivity index (χ0n) is 20.1. The Labute approximate surface area is 209 Å². The summed E-state index contributed by atoms with van der Waals surface area (Å²) < 4.78 is 0. The van der Waals surface area contributed by atoms with Crippen molar-refractivity contribution >= 4 is 52.2 Å². The number of amidine groups is 1. The van der Waals surface area contributed by atoms with Crippen molar-refractivity contribution in [3.05, 3.63) is 88.8 Å². The molecule has 3 aromatic rings. The van der Waals surface area contributed by atoms with E-state index in [0.717, 1.165) is 22.5 Å². The number of amides is 1. The minimum Gasteiger partial charge on any atom is -0.508 e. The summed E-state index contributed by atoms with van der Waals surface area (Å²) in [5, 5.41) is 18.7. The fourth-order valence-electron chi connectivity index (χ4n) is 3.39. The highest BCUT2D eigenvalue weighted by Crippen LogP contribution is 2.36. The summed E-state index contributed by atoms with van der Waals surface area (Å²) in [5.74, 6) is -0.0656. The van der Waals surface area contributed by atoms with E-state index in [0.29, 0.717) is 15.8 Å². The first-order valence-corrected chi connectivity index (χ1v) is 11.8. The third kappa shape index (κ3) is 5.73. The molecular weight excluding hydrogens is 458 g/mol. The molecule has 0 saturated carbocycles. The quantitative estimate of drug-likeness (QED) is 0.301. The van der Waals surface area contributed by atoms with Gasteiger partial charge in [0.15, 0.2) is 0 Å². The molecule has 0 aromatic heterocycles. The molecule has 0 radical (unpaired) electrons. The number of thioether (sulfide) groups is 1. The zero-order chi connectivity index (χ0) is 24.9. The molecule has 0 aliphatic carbocycles. The summed E-state index contributed by atoms with van der Waals surface area (Å²) in [6.07, 6.45) is 3.51. The number of carbonyl (C=O) groups is 1. The van der Waals surface area contributed by atoms with Crippen molar-refractivity contribution in [2.45, 2.75) is 0 Å². The summed E-state index contributed by atoms with van der Waals surface area (Å²) >= 11 is 1.27. The van der Waals surface area contributed by atoms with Crippen LogP contribution in [0.2, 0.25) is 0 Å². The Morgan fingerprint density at radius 2 is 1.34 bits per heavy atom. The van der Waals surface area contributed by atoms with E-state index in [1.807, 2.05) is 92.6 Å². The van der Waals surface area contributed by atoms with Crippen LogP contribution in [-0.2, 0) is 4.79 Å². The van der Waals surface area contributed by atoms with Gasteiger partial charge in [-0.25, -0.2) is 0 Å². The standard InChI is InChI=1S/C27H27N5O2S/c1-30(2)21-9-5-19(6-10-21)17-25-26(34)32(23-13-15-24(33)16-14-23)27(35-25)29-28-18-20-7-11-22(12-8-20)31(3)4/h5-18,33H,1-4H3/b25-17-,28-18+,29-27-. The molecule has 1 amide bonds. The predicted octanol–water partition coefficient (Wildman–Crippen LogP) is 5.04. The molecule has 178 valence electrons. The molecule has 1 N–H and O–H groups in total. The molecule has 1 fully saturated rings. The first-order valence-electron chi connectivity index (χ1n) is 11.0. The van der Waals surface area contributed by atoms with Crippen LogP contribution in [0.1, 0.15) is 11.1 Å². The molecule has 0 atom stereocenters. The fraction of sp³-hybridized carbons (Fsp3) is 0.148. The van der Waals surface area contributed by atoms with Gasteiger partial charge in [0.1, 0.15) is 5.75 Å². The van der Waals surface area contributed by atoms with Gasteiger partial charge in [-0.3, -0.25) is 9.69 Å². The van der Waals surface area contributed by atoms with E-state index in [1.54, 1.807) is 30.5 Å². The van der Waals surface area contributed by atoms with Crippen LogP contribution in [0.5, 0.6) is 5.75 Å². The van der Waals surface area contributed by atoms with Gasteiger partial charge in [0.25, 0.3) is 5.91 Å². The average molecular weight is 486 g/mol. The van der Waals surface area contributed by atoms with Gasteiger partial charge < -0.3 is 14.9 Å². The van der Waals surface area contributed by atoms with Crippen molar-refractivity contribution in [1.82, 2.24) is 0 Å².